The minimum Gasteiger partial charge on any atom is -0.396 e. The topological polar surface area (TPSA) is 53.1 Å². The van der Waals surface area contributed by atoms with Crippen molar-refractivity contribution in [3.63, 3.8) is 0 Å². The van der Waals surface area contributed by atoms with Crippen LogP contribution in [0.5, 0.6) is 0 Å². The van der Waals surface area contributed by atoms with Crippen molar-refractivity contribution < 1.29 is 8.78 Å². The molecule has 0 amide bonds. The molecule has 5 heteroatoms. The molecule has 0 atom stereocenters. The van der Waals surface area contributed by atoms with E-state index in [4.69, 9.17) is 11.1 Å². The van der Waals surface area contributed by atoms with Crippen LogP contribution in [0.1, 0.15) is 38.7 Å². The summed E-state index contributed by atoms with van der Waals surface area (Å²) >= 11 is 0. The molecule has 27 heavy (non-hydrogen) atoms. The maximum Gasteiger partial charge on any atom is 0.156 e. The normalized spacial score (nSPS) is 15.9. The zero-order valence-electron chi connectivity index (χ0n) is 15.7. The maximum absolute atomic E-state index is 14.4. The maximum atomic E-state index is 14.4. The molecule has 3 nitrogen and oxygen atoms in total. The van der Waals surface area contributed by atoms with Gasteiger partial charge in [-0.15, -0.1) is 0 Å². The summed E-state index contributed by atoms with van der Waals surface area (Å²) in [7, 11) is 0. The van der Waals surface area contributed by atoms with Crippen molar-refractivity contribution in [3.8, 4) is 0 Å². The van der Waals surface area contributed by atoms with Gasteiger partial charge in [-0.05, 0) is 44.1 Å². The number of unbranched alkanes of at least 4 members (excludes halogenated alkanes) is 1. The van der Waals surface area contributed by atoms with Crippen molar-refractivity contribution in [3.05, 3.63) is 83.9 Å². The molecule has 0 radical (unpaired) electrons. The highest BCUT2D eigenvalue weighted by Crippen LogP contribution is 2.32. The Labute approximate surface area is 159 Å². The number of anilines is 1. The fourth-order valence-corrected chi connectivity index (χ4v) is 2.93. The van der Waals surface area contributed by atoms with Crippen LogP contribution in [0.25, 0.3) is 5.57 Å². The number of benzene rings is 1. The molecule has 0 spiro atoms. The first-order valence-electron chi connectivity index (χ1n) is 8.93. The van der Waals surface area contributed by atoms with E-state index in [0.29, 0.717) is 11.3 Å². The molecule has 2 rings (SSSR count). The second kappa shape index (κ2) is 9.12. The standard InChI is InChI=1S/C22H25F2N3/c1-4-7-9-16(18(25)8-5-2)20-13-10-15(14-27(20)6-3)21-17(23)11-12-19(26)22(21)24/h5-6,8,10-14,25H,3-4,7,9,26H2,1-2H3/b8-5-,20-16+,25-18?. The lowest BCUT2D eigenvalue weighted by molar-refractivity contribution is 0.577. The van der Waals surface area contributed by atoms with Crippen molar-refractivity contribution in [1.82, 2.24) is 4.90 Å². The van der Waals surface area contributed by atoms with Gasteiger partial charge >= 0.3 is 0 Å². The third kappa shape index (κ3) is 4.42. The fraction of sp³-hybridized carbons (Fsp3) is 0.227. The van der Waals surface area contributed by atoms with E-state index in [1.165, 1.54) is 6.07 Å². The largest absolute Gasteiger partial charge is 0.396 e. The SMILES string of the molecule is C=CN1C=C(c2c(F)ccc(N)c2F)C=C/C1=C(/CCCC)C(=N)/C=C\C. The highest BCUT2D eigenvalue weighted by atomic mass is 19.1. The zero-order chi connectivity index (χ0) is 20.0. The van der Waals surface area contributed by atoms with Gasteiger partial charge in [-0.2, -0.15) is 0 Å². The van der Waals surface area contributed by atoms with Crippen LogP contribution in [0, 0.1) is 17.0 Å². The number of halogens is 2. The second-order valence-corrected chi connectivity index (χ2v) is 6.21. The molecule has 0 saturated carbocycles. The quantitative estimate of drug-likeness (QED) is 0.461. The van der Waals surface area contributed by atoms with E-state index in [1.54, 1.807) is 35.5 Å². The number of nitrogen functional groups attached to an aromatic ring is 1. The van der Waals surface area contributed by atoms with Gasteiger partial charge in [0, 0.05) is 23.5 Å². The minimum atomic E-state index is -0.782. The van der Waals surface area contributed by atoms with Crippen LogP contribution in [0.4, 0.5) is 14.5 Å². The van der Waals surface area contributed by atoms with Gasteiger partial charge in [0.2, 0.25) is 0 Å². The van der Waals surface area contributed by atoms with E-state index in [9.17, 15) is 8.78 Å². The lowest BCUT2D eigenvalue weighted by atomic mass is 9.96. The van der Waals surface area contributed by atoms with Gasteiger partial charge in [0.15, 0.2) is 5.82 Å². The van der Waals surface area contributed by atoms with Crippen LogP contribution in [0.3, 0.4) is 0 Å². The Morgan fingerprint density at radius 3 is 2.67 bits per heavy atom. The minimum absolute atomic E-state index is 0.106. The number of allylic oxidation sites excluding steroid dienone is 6. The Balaban J connectivity index is 2.54. The van der Waals surface area contributed by atoms with Crippen molar-refractivity contribution in [1.29, 1.82) is 5.41 Å². The lowest BCUT2D eigenvalue weighted by Crippen LogP contribution is -2.17. The molecule has 0 fully saturated rings. The molecule has 0 aromatic heterocycles. The van der Waals surface area contributed by atoms with E-state index in [2.05, 4.69) is 13.5 Å². The second-order valence-electron chi connectivity index (χ2n) is 6.21. The predicted octanol–water partition coefficient (Wildman–Crippen LogP) is 5.94. The highest BCUT2D eigenvalue weighted by molar-refractivity contribution is 6.07. The van der Waals surface area contributed by atoms with Crippen LogP contribution in [-0.2, 0) is 0 Å². The molecule has 0 aliphatic carbocycles. The van der Waals surface area contributed by atoms with Gasteiger partial charge < -0.3 is 16.0 Å². The fourth-order valence-electron chi connectivity index (χ4n) is 2.93. The first-order chi connectivity index (χ1) is 12.9. The van der Waals surface area contributed by atoms with Crippen molar-refractivity contribution in [2.75, 3.05) is 5.73 Å². The first-order valence-corrected chi connectivity index (χ1v) is 8.93. The average Bonchev–Trinajstić information content (AvgIpc) is 2.66. The molecule has 142 valence electrons. The monoisotopic (exact) mass is 369 g/mol. The molecule has 3 N–H and O–H groups in total. The number of rotatable bonds is 7. The molecule has 0 saturated heterocycles. The van der Waals surface area contributed by atoms with E-state index < -0.39 is 11.6 Å². The molecule has 0 bridgehead atoms. The van der Waals surface area contributed by atoms with Gasteiger partial charge in [0.25, 0.3) is 0 Å². The summed E-state index contributed by atoms with van der Waals surface area (Å²) in [6, 6.07) is 2.36. The molecule has 0 unspecified atom stereocenters. The summed E-state index contributed by atoms with van der Waals surface area (Å²) in [5, 5.41) is 8.34. The Kier molecular flexibility index (Phi) is 6.88. The molecule has 1 heterocycles. The highest BCUT2D eigenvalue weighted by Gasteiger charge is 2.20. The first kappa shape index (κ1) is 20.4. The van der Waals surface area contributed by atoms with Gasteiger partial charge in [-0.1, -0.05) is 32.1 Å². The Morgan fingerprint density at radius 2 is 2.04 bits per heavy atom. The number of hydrogen-bond acceptors (Lipinski definition) is 3. The number of nitrogens with two attached hydrogens (primary N) is 1. The van der Waals surface area contributed by atoms with Crippen molar-refractivity contribution >= 4 is 17.0 Å². The summed E-state index contributed by atoms with van der Waals surface area (Å²) < 4.78 is 28.6. The van der Waals surface area contributed by atoms with Crippen molar-refractivity contribution in [2.45, 2.75) is 33.1 Å². The molecule has 1 aromatic carbocycles. The number of nitrogens with zero attached hydrogens (tertiary/aromatic N) is 1. The predicted molar refractivity (Wildman–Crippen MR) is 109 cm³/mol. The number of nitrogens with one attached hydrogen (secondary N) is 1. The third-order valence-corrected chi connectivity index (χ3v) is 4.33. The van der Waals surface area contributed by atoms with E-state index in [0.717, 1.165) is 36.6 Å². The van der Waals surface area contributed by atoms with Crippen molar-refractivity contribution in [2.24, 2.45) is 0 Å². The summed E-state index contributed by atoms with van der Waals surface area (Å²) in [5.41, 5.74) is 7.72. The summed E-state index contributed by atoms with van der Waals surface area (Å²) in [6.45, 7) is 7.76. The lowest BCUT2D eigenvalue weighted by Gasteiger charge is -2.26. The van der Waals surface area contributed by atoms with Crippen LogP contribution in [0.2, 0.25) is 0 Å². The van der Waals surface area contributed by atoms with Crippen LogP contribution >= 0.6 is 0 Å². The summed E-state index contributed by atoms with van der Waals surface area (Å²) in [4.78, 5) is 1.69. The third-order valence-electron chi connectivity index (χ3n) is 4.33. The average molecular weight is 369 g/mol. The Bertz CT molecular complexity index is 861. The van der Waals surface area contributed by atoms with Gasteiger partial charge in [0.05, 0.1) is 22.7 Å². The van der Waals surface area contributed by atoms with Crippen LogP contribution < -0.4 is 5.73 Å². The molecule has 1 aliphatic rings. The van der Waals surface area contributed by atoms with E-state index in [-0.39, 0.29) is 11.3 Å². The summed E-state index contributed by atoms with van der Waals surface area (Å²) in [6.07, 6.45) is 12.8. The van der Waals surface area contributed by atoms with Gasteiger partial charge in [-0.3, -0.25) is 0 Å². The molecule has 1 aliphatic heterocycles. The smallest absolute Gasteiger partial charge is 0.156 e. The van der Waals surface area contributed by atoms with Gasteiger partial charge in [-0.25, -0.2) is 8.78 Å². The Morgan fingerprint density at radius 1 is 1.30 bits per heavy atom. The van der Waals surface area contributed by atoms with E-state index in [1.807, 2.05) is 13.0 Å². The van der Waals surface area contributed by atoms with Gasteiger partial charge in [0.1, 0.15) is 5.82 Å². The van der Waals surface area contributed by atoms with E-state index >= 15 is 0 Å². The number of hydrogen-bond donors (Lipinski definition) is 2. The van der Waals surface area contributed by atoms with Crippen LogP contribution in [0.15, 0.2) is 66.7 Å². The zero-order valence-corrected chi connectivity index (χ0v) is 15.7. The Hall–Kier alpha value is -2.95. The van der Waals surface area contributed by atoms with Crippen LogP contribution in [-0.4, -0.2) is 10.6 Å². The summed E-state index contributed by atoms with van der Waals surface area (Å²) in [5.74, 6) is -1.46. The molecule has 1 aromatic rings. The molecular formula is C22H25F2N3. The molecular weight excluding hydrogens is 344 g/mol.